The summed E-state index contributed by atoms with van der Waals surface area (Å²) >= 11 is 0. The van der Waals surface area contributed by atoms with E-state index < -0.39 is 11.8 Å². The number of hydrogen-bond acceptors (Lipinski definition) is 3. The number of amides is 1. The van der Waals surface area contributed by atoms with Gasteiger partial charge < -0.3 is 5.32 Å². The monoisotopic (exact) mass is 197 g/mol. The van der Waals surface area contributed by atoms with E-state index >= 15 is 0 Å². The van der Waals surface area contributed by atoms with Crippen molar-refractivity contribution in [1.29, 1.82) is 0 Å². The standard InChI is InChI=1S/C10H15NO3/c1-10(2)4-6(12)8(7(13)5-10)9(14)11-3/h8H,4-5H2,1-3H3,(H,11,14). The highest BCUT2D eigenvalue weighted by atomic mass is 16.2. The van der Waals surface area contributed by atoms with Crippen LogP contribution >= 0.6 is 0 Å². The lowest BCUT2D eigenvalue weighted by atomic mass is 9.71. The minimum absolute atomic E-state index is 0.259. The minimum atomic E-state index is -1.06. The van der Waals surface area contributed by atoms with Crippen molar-refractivity contribution in [3.63, 3.8) is 0 Å². The zero-order valence-corrected chi connectivity index (χ0v) is 8.72. The molecule has 1 N–H and O–H groups in total. The Labute approximate surface area is 83.1 Å². The molecule has 0 atom stereocenters. The first kappa shape index (κ1) is 10.9. The number of carbonyl (C=O) groups is 3. The quantitative estimate of drug-likeness (QED) is 0.615. The molecule has 4 heteroatoms. The molecule has 0 aromatic rings. The third kappa shape index (κ3) is 2.00. The van der Waals surface area contributed by atoms with Gasteiger partial charge in [-0.2, -0.15) is 0 Å². The maximum atomic E-state index is 11.5. The molecular weight excluding hydrogens is 182 g/mol. The average Bonchev–Trinajstić information content (AvgIpc) is 1.99. The van der Waals surface area contributed by atoms with E-state index in [1.165, 1.54) is 7.05 Å². The van der Waals surface area contributed by atoms with Crippen molar-refractivity contribution in [2.45, 2.75) is 26.7 Å². The minimum Gasteiger partial charge on any atom is -0.358 e. The Bertz CT molecular complexity index is 274. The van der Waals surface area contributed by atoms with Crippen molar-refractivity contribution in [2.24, 2.45) is 11.3 Å². The van der Waals surface area contributed by atoms with Gasteiger partial charge in [-0.3, -0.25) is 14.4 Å². The van der Waals surface area contributed by atoms with E-state index in [1.807, 2.05) is 13.8 Å². The van der Waals surface area contributed by atoms with Crippen molar-refractivity contribution in [3.05, 3.63) is 0 Å². The van der Waals surface area contributed by atoms with E-state index in [0.717, 1.165) is 0 Å². The van der Waals surface area contributed by atoms with Crippen LogP contribution in [0.2, 0.25) is 0 Å². The van der Waals surface area contributed by atoms with Gasteiger partial charge in [0.25, 0.3) is 0 Å². The maximum absolute atomic E-state index is 11.5. The zero-order chi connectivity index (χ0) is 10.9. The molecule has 1 rings (SSSR count). The lowest BCUT2D eigenvalue weighted by molar-refractivity contribution is -0.145. The summed E-state index contributed by atoms with van der Waals surface area (Å²) in [4.78, 5) is 34.3. The van der Waals surface area contributed by atoms with Crippen LogP contribution in [0.3, 0.4) is 0 Å². The second kappa shape index (κ2) is 3.52. The molecule has 0 saturated heterocycles. The summed E-state index contributed by atoms with van der Waals surface area (Å²) in [6.07, 6.45) is 0.605. The molecule has 0 radical (unpaired) electrons. The van der Waals surface area contributed by atoms with Crippen molar-refractivity contribution < 1.29 is 14.4 Å². The summed E-state index contributed by atoms with van der Waals surface area (Å²) < 4.78 is 0. The zero-order valence-electron chi connectivity index (χ0n) is 8.72. The van der Waals surface area contributed by atoms with E-state index in [9.17, 15) is 14.4 Å². The lowest BCUT2D eigenvalue weighted by Gasteiger charge is -2.30. The molecule has 1 fully saturated rings. The Kier molecular flexibility index (Phi) is 2.73. The lowest BCUT2D eigenvalue weighted by Crippen LogP contribution is -2.45. The third-order valence-electron chi connectivity index (χ3n) is 2.46. The van der Waals surface area contributed by atoms with Gasteiger partial charge in [-0.25, -0.2) is 0 Å². The largest absolute Gasteiger partial charge is 0.358 e. The van der Waals surface area contributed by atoms with E-state index in [0.29, 0.717) is 12.8 Å². The van der Waals surface area contributed by atoms with Crippen LogP contribution in [-0.2, 0) is 14.4 Å². The van der Waals surface area contributed by atoms with E-state index in [2.05, 4.69) is 5.32 Å². The highest BCUT2D eigenvalue weighted by Gasteiger charge is 2.42. The number of rotatable bonds is 1. The molecule has 0 spiro atoms. The molecule has 14 heavy (non-hydrogen) atoms. The summed E-state index contributed by atoms with van der Waals surface area (Å²) in [5.41, 5.74) is -0.293. The van der Waals surface area contributed by atoms with Crippen LogP contribution in [0.4, 0.5) is 0 Å². The van der Waals surface area contributed by atoms with Crippen LogP contribution in [0.25, 0.3) is 0 Å². The Morgan fingerprint density at radius 3 is 2.07 bits per heavy atom. The van der Waals surface area contributed by atoms with E-state index in [1.54, 1.807) is 0 Å². The van der Waals surface area contributed by atoms with Crippen molar-refractivity contribution in [2.75, 3.05) is 7.05 Å². The fourth-order valence-electron chi connectivity index (χ4n) is 1.83. The number of nitrogens with one attached hydrogen (secondary N) is 1. The molecule has 78 valence electrons. The van der Waals surface area contributed by atoms with Crippen LogP contribution in [0.1, 0.15) is 26.7 Å². The molecule has 0 bridgehead atoms. The Morgan fingerprint density at radius 2 is 1.71 bits per heavy atom. The molecule has 4 nitrogen and oxygen atoms in total. The van der Waals surface area contributed by atoms with Gasteiger partial charge in [0.1, 0.15) is 0 Å². The van der Waals surface area contributed by atoms with Crippen LogP contribution in [0.5, 0.6) is 0 Å². The first-order valence-corrected chi connectivity index (χ1v) is 4.64. The van der Waals surface area contributed by atoms with Gasteiger partial charge in [-0.1, -0.05) is 13.8 Å². The van der Waals surface area contributed by atoms with Crippen molar-refractivity contribution in [3.8, 4) is 0 Å². The molecule has 1 aliphatic rings. The van der Waals surface area contributed by atoms with E-state index in [-0.39, 0.29) is 17.0 Å². The number of ketones is 2. The molecule has 0 aromatic carbocycles. The third-order valence-corrected chi connectivity index (χ3v) is 2.46. The molecule has 1 amide bonds. The fourth-order valence-corrected chi connectivity index (χ4v) is 1.83. The van der Waals surface area contributed by atoms with Gasteiger partial charge in [0.15, 0.2) is 17.5 Å². The predicted molar refractivity (Wildman–Crippen MR) is 50.6 cm³/mol. The average molecular weight is 197 g/mol. The summed E-state index contributed by atoms with van der Waals surface area (Å²) in [6, 6.07) is 0. The number of Topliss-reactive ketones (excluding diaryl/α,β-unsaturated/α-hetero) is 2. The van der Waals surface area contributed by atoms with Gasteiger partial charge in [0, 0.05) is 19.9 Å². The second-order valence-electron chi connectivity index (χ2n) is 4.50. The first-order valence-electron chi connectivity index (χ1n) is 4.64. The summed E-state index contributed by atoms with van der Waals surface area (Å²) in [6.45, 7) is 3.73. The van der Waals surface area contributed by atoms with Crippen LogP contribution in [0, 0.1) is 11.3 Å². The molecule has 1 aliphatic carbocycles. The topological polar surface area (TPSA) is 63.2 Å². The van der Waals surface area contributed by atoms with Crippen LogP contribution in [-0.4, -0.2) is 24.5 Å². The number of carbonyl (C=O) groups excluding carboxylic acids is 3. The fraction of sp³-hybridized carbons (Fsp3) is 0.700. The Morgan fingerprint density at radius 1 is 1.29 bits per heavy atom. The summed E-state index contributed by atoms with van der Waals surface area (Å²) in [7, 11) is 1.43. The van der Waals surface area contributed by atoms with Gasteiger partial charge in [-0.15, -0.1) is 0 Å². The van der Waals surface area contributed by atoms with Crippen molar-refractivity contribution in [1.82, 2.24) is 5.32 Å². The van der Waals surface area contributed by atoms with Crippen LogP contribution < -0.4 is 5.32 Å². The van der Waals surface area contributed by atoms with E-state index in [4.69, 9.17) is 0 Å². The number of hydrogen-bond donors (Lipinski definition) is 1. The molecule has 1 saturated carbocycles. The van der Waals surface area contributed by atoms with Crippen LogP contribution in [0.15, 0.2) is 0 Å². The Hall–Kier alpha value is -1.19. The molecule has 0 heterocycles. The first-order chi connectivity index (χ1) is 6.37. The summed E-state index contributed by atoms with van der Waals surface area (Å²) in [5, 5.41) is 2.34. The predicted octanol–water partition coefficient (Wildman–Crippen LogP) is 0.307. The normalized spacial score (nSPS) is 22.2. The van der Waals surface area contributed by atoms with Gasteiger partial charge in [0.05, 0.1) is 0 Å². The summed E-state index contributed by atoms with van der Waals surface area (Å²) in [5.74, 6) is -2.06. The second-order valence-corrected chi connectivity index (χ2v) is 4.50. The SMILES string of the molecule is CNC(=O)C1C(=O)CC(C)(C)CC1=O. The highest BCUT2D eigenvalue weighted by molar-refractivity contribution is 6.20. The maximum Gasteiger partial charge on any atom is 0.237 e. The van der Waals surface area contributed by atoms with Gasteiger partial charge in [0.2, 0.25) is 5.91 Å². The van der Waals surface area contributed by atoms with Gasteiger partial charge in [-0.05, 0) is 5.41 Å². The molecule has 0 aliphatic heterocycles. The molecule has 0 unspecified atom stereocenters. The van der Waals surface area contributed by atoms with Gasteiger partial charge >= 0.3 is 0 Å². The molecule has 0 aromatic heterocycles. The highest BCUT2D eigenvalue weighted by Crippen LogP contribution is 2.33. The molecular formula is C10H15NO3. The smallest absolute Gasteiger partial charge is 0.237 e. The van der Waals surface area contributed by atoms with Crippen molar-refractivity contribution >= 4 is 17.5 Å². The Balaban J connectivity index is 2.87.